The first-order chi connectivity index (χ1) is 23.3. The van der Waals surface area contributed by atoms with E-state index in [1.54, 1.807) is 12.1 Å². The van der Waals surface area contributed by atoms with Crippen LogP contribution in [0.5, 0.6) is 0 Å². The molecule has 1 aliphatic heterocycles. The third-order valence-corrected chi connectivity index (χ3v) is 16.3. The number of rotatable bonds is 11. The van der Waals surface area contributed by atoms with Crippen LogP contribution in [0.3, 0.4) is 0 Å². The van der Waals surface area contributed by atoms with Crippen molar-refractivity contribution in [2.45, 2.75) is 58.2 Å². The first kappa shape index (κ1) is 36.2. The van der Waals surface area contributed by atoms with Crippen LogP contribution in [0.25, 0.3) is 6.08 Å². The van der Waals surface area contributed by atoms with Gasteiger partial charge in [0.15, 0.2) is 11.4 Å². The van der Waals surface area contributed by atoms with Crippen LogP contribution in [0, 0.1) is 17.4 Å². The van der Waals surface area contributed by atoms with Gasteiger partial charge in [0.05, 0.1) is 24.7 Å². The van der Waals surface area contributed by atoms with E-state index in [4.69, 9.17) is 8.95 Å². The Kier molecular flexibility index (Phi) is 10.6. The minimum atomic E-state index is -3.81. The van der Waals surface area contributed by atoms with E-state index in [-0.39, 0.29) is 28.9 Å². The lowest BCUT2D eigenvalue weighted by molar-refractivity contribution is -0.138. The fourth-order valence-electron chi connectivity index (χ4n) is 7.10. The molecule has 0 bridgehead atoms. The molecule has 3 atom stereocenters. The second-order valence-corrected chi connectivity index (χ2v) is 20.2. The summed E-state index contributed by atoms with van der Waals surface area (Å²) in [5, 5.41) is 11.6. The number of fused-ring (bicyclic) bond motifs is 1. The highest BCUT2D eigenvalue weighted by molar-refractivity contribution is 7.64. The molecule has 0 aliphatic carbocycles. The normalized spacial score (nSPS) is 17.8. The monoisotopic (exact) mass is 696 g/mol. The largest absolute Gasteiger partial charge is 0.481 e. The molecule has 0 spiro atoms. The van der Waals surface area contributed by atoms with Crippen molar-refractivity contribution in [3.63, 3.8) is 0 Å². The molecule has 0 saturated heterocycles. The van der Waals surface area contributed by atoms with Crippen molar-refractivity contribution in [3.8, 4) is 11.6 Å². The molecule has 9 heteroatoms. The van der Waals surface area contributed by atoms with E-state index >= 15 is 0 Å². The quantitative estimate of drug-likeness (QED) is 0.0737. The average molecular weight is 697 g/mol. The molecule has 0 fully saturated rings. The molecule has 49 heavy (non-hydrogen) atoms. The van der Waals surface area contributed by atoms with Gasteiger partial charge in [0.25, 0.3) is 15.7 Å². The lowest BCUT2D eigenvalue weighted by Gasteiger charge is -2.45. The number of aliphatic carboxylic acids is 1. The van der Waals surface area contributed by atoms with E-state index in [1.165, 1.54) is 19.2 Å². The Labute approximate surface area is 290 Å². The molecular weight excluding hydrogens is 652 g/mol. The van der Waals surface area contributed by atoms with Crippen molar-refractivity contribution < 1.29 is 27.8 Å². The van der Waals surface area contributed by atoms with Gasteiger partial charge in [-0.25, -0.2) is 8.87 Å². The van der Waals surface area contributed by atoms with Gasteiger partial charge in [-0.2, -0.15) is 0 Å². The van der Waals surface area contributed by atoms with Gasteiger partial charge in [0.2, 0.25) is 0 Å². The Morgan fingerprint density at radius 2 is 1.45 bits per heavy atom. The molecule has 254 valence electrons. The summed E-state index contributed by atoms with van der Waals surface area (Å²) in [4.78, 5) is 12.4. The van der Waals surface area contributed by atoms with Crippen molar-refractivity contribution in [1.82, 2.24) is 4.48 Å². The third-order valence-electron chi connectivity index (χ3n) is 9.25. The summed E-state index contributed by atoms with van der Waals surface area (Å²) in [6, 6.07) is 34.1. The summed E-state index contributed by atoms with van der Waals surface area (Å²) in [5.74, 6) is 1.82. The Morgan fingerprint density at radius 3 is 1.96 bits per heavy atom. The van der Waals surface area contributed by atoms with Crippen molar-refractivity contribution in [3.05, 3.63) is 126 Å². The number of halogens is 1. The number of carboxylic acids is 1. The fourth-order valence-corrected chi connectivity index (χ4v) is 13.3. The number of carbonyl (C=O) groups is 1. The number of hydrogen-bond donors (Lipinski definition) is 1. The zero-order chi connectivity index (χ0) is 35.5. The van der Waals surface area contributed by atoms with Gasteiger partial charge in [-0.1, -0.05) is 93.6 Å². The van der Waals surface area contributed by atoms with E-state index in [2.05, 4.69) is 46.2 Å². The van der Waals surface area contributed by atoms with Gasteiger partial charge in [0, 0.05) is 48.5 Å². The van der Waals surface area contributed by atoms with Crippen LogP contribution in [0.4, 0.5) is 15.8 Å². The van der Waals surface area contributed by atoms with Crippen LogP contribution in [-0.4, -0.2) is 44.8 Å². The Balaban J connectivity index is 1.61. The van der Waals surface area contributed by atoms with Crippen LogP contribution >= 0.6 is 7.37 Å². The average Bonchev–Trinajstić information content (AvgIpc) is 3.42. The van der Waals surface area contributed by atoms with E-state index in [0.29, 0.717) is 5.70 Å². The SMILES string of the molecule is COP(=O)(C#CC1=Cc2ccccc2[N@@+]1(c1ccc(F)cc1)C(C)C)CC(CC(=O)O)O[Si](c1ccccc1)(c1ccccc1)C(C)(C)C. The van der Waals surface area contributed by atoms with Crippen LogP contribution in [0.1, 0.15) is 46.6 Å². The second-order valence-electron chi connectivity index (χ2n) is 13.7. The van der Waals surface area contributed by atoms with Crippen LogP contribution < -0.4 is 14.9 Å². The first-order valence-electron chi connectivity index (χ1n) is 16.4. The number of quaternary nitrogens is 1. The minimum absolute atomic E-state index is 0.0603. The number of para-hydroxylation sites is 1. The summed E-state index contributed by atoms with van der Waals surface area (Å²) >= 11 is 0. The predicted molar refractivity (Wildman–Crippen MR) is 199 cm³/mol. The number of benzene rings is 4. The molecule has 0 radical (unpaired) electrons. The fraction of sp³-hybridized carbons (Fsp3) is 0.275. The molecule has 6 nitrogen and oxygen atoms in total. The summed E-state index contributed by atoms with van der Waals surface area (Å²) in [7, 11) is -5.66. The molecule has 0 amide bonds. The highest BCUT2D eigenvalue weighted by atomic mass is 31.2. The molecule has 1 heterocycles. The first-order valence-corrected chi connectivity index (χ1v) is 20.1. The van der Waals surface area contributed by atoms with Crippen molar-refractivity contribution in [2.24, 2.45) is 0 Å². The number of nitrogens with zero attached hydrogens (tertiary/aromatic N) is 1. The van der Waals surface area contributed by atoms with Crippen molar-refractivity contribution >= 4 is 49.5 Å². The maximum atomic E-state index is 14.6. The summed E-state index contributed by atoms with van der Waals surface area (Å²) in [6.07, 6.45) is 0.403. The maximum absolute atomic E-state index is 14.6. The van der Waals surface area contributed by atoms with Gasteiger partial charge in [-0.05, 0) is 47.5 Å². The van der Waals surface area contributed by atoms with E-state index in [1.807, 2.05) is 91.0 Å². The maximum Gasteiger partial charge on any atom is 0.305 e. The third kappa shape index (κ3) is 7.01. The van der Waals surface area contributed by atoms with E-state index in [0.717, 1.165) is 27.3 Å². The molecule has 4 aromatic carbocycles. The standard InChI is InChI=1S/C40H43FNO5PSi/c1-30(2)42(33-23-21-32(41)22-24-33)34(27-31-15-13-14-20-38(31)42)25-26-48(45,46-6)29-35(28-39(43)44)47-49(40(3,4)5,36-16-9-7-10-17-36)37-18-11-8-12-19-37/h7-24,27,30,35H,28-29H2,1-6H3/p+1/t35?,42-,48?/m1/s1. The highest BCUT2D eigenvalue weighted by Crippen LogP contribution is 2.51. The smallest absolute Gasteiger partial charge is 0.305 e. The van der Waals surface area contributed by atoms with Crippen molar-refractivity contribution in [2.75, 3.05) is 13.3 Å². The second kappa shape index (κ2) is 14.4. The minimum Gasteiger partial charge on any atom is -0.481 e. The molecule has 4 aromatic rings. The zero-order valence-electron chi connectivity index (χ0n) is 28.9. The summed E-state index contributed by atoms with van der Waals surface area (Å²) in [5.41, 5.74) is 6.38. The van der Waals surface area contributed by atoms with Crippen LogP contribution in [0.15, 0.2) is 115 Å². The Morgan fingerprint density at radius 1 is 0.898 bits per heavy atom. The van der Waals surface area contributed by atoms with Gasteiger partial charge in [-0.3, -0.25) is 9.36 Å². The zero-order valence-corrected chi connectivity index (χ0v) is 30.8. The summed E-state index contributed by atoms with van der Waals surface area (Å²) < 4.78 is 41.8. The molecule has 1 aliphatic rings. The number of allylic oxidation sites excluding steroid dienone is 1. The highest BCUT2D eigenvalue weighted by Gasteiger charge is 2.52. The number of hydrogen-bond acceptors (Lipinski definition) is 4. The van der Waals surface area contributed by atoms with Crippen LogP contribution in [-0.2, 0) is 18.3 Å². The molecular formula is C40H44FNO5PSi+. The lowest BCUT2D eigenvalue weighted by atomic mass is 10.1. The van der Waals surface area contributed by atoms with Crippen molar-refractivity contribution in [1.29, 1.82) is 0 Å². The van der Waals surface area contributed by atoms with Gasteiger partial charge in [-0.15, -0.1) is 0 Å². The van der Waals surface area contributed by atoms with E-state index in [9.17, 15) is 18.9 Å². The van der Waals surface area contributed by atoms with Gasteiger partial charge >= 0.3 is 5.97 Å². The Hall–Kier alpha value is -4.09. The molecule has 2 unspecified atom stereocenters. The summed E-state index contributed by atoms with van der Waals surface area (Å²) in [6.45, 7) is 10.5. The lowest BCUT2D eigenvalue weighted by Crippen LogP contribution is -2.68. The predicted octanol–water partition coefficient (Wildman–Crippen LogP) is 8.53. The van der Waals surface area contributed by atoms with Gasteiger partial charge < -0.3 is 14.1 Å². The topological polar surface area (TPSA) is 72.8 Å². The molecule has 0 aromatic heterocycles. The molecule has 1 N–H and O–H groups in total. The molecule has 5 rings (SSSR count). The van der Waals surface area contributed by atoms with E-state index < -0.39 is 32.8 Å². The number of carboxylic acid groups (broad SMARTS) is 1. The Bertz CT molecular complexity index is 1890. The van der Waals surface area contributed by atoms with Crippen LogP contribution in [0.2, 0.25) is 5.04 Å². The molecule has 0 saturated carbocycles. The van der Waals surface area contributed by atoms with Gasteiger partial charge in [0.1, 0.15) is 11.5 Å².